The number of hydrogen-bond acceptors (Lipinski definition) is 7. The van der Waals surface area contributed by atoms with Crippen LogP contribution in [0.1, 0.15) is 18.4 Å². The maximum absolute atomic E-state index is 13.8. The molecule has 0 saturated carbocycles. The van der Waals surface area contributed by atoms with E-state index in [1.54, 1.807) is 35.2 Å². The Labute approximate surface area is 215 Å². The number of alkyl halides is 3. The summed E-state index contributed by atoms with van der Waals surface area (Å²) in [5.74, 6) is 0.0199. The molecule has 4 N–H and O–H groups in total. The van der Waals surface area contributed by atoms with E-state index in [9.17, 15) is 18.0 Å². The molecule has 2 aromatic heterocycles. The van der Waals surface area contributed by atoms with Crippen LogP contribution in [0.15, 0.2) is 55.1 Å². The normalized spacial score (nSPS) is 14.9. The molecule has 1 aliphatic rings. The highest BCUT2D eigenvalue weighted by Crippen LogP contribution is 2.39. The highest BCUT2D eigenvalue weighted by Gasteiger charge is 2.35. The van der Waals surface area contributed by atoms with Crippen molar-refractivity contribution < 1.29 is 22.7 Å². The van der Waals surface area contributed by atoms with Crippen LogP contribution in [0.5, 0.6) is 5.75 Å². The molecule has 0 bridgehead atoms. The molecule has 10 nitrogen and oxygen atoms in total. The number of urea groups is 1. The van der Waals surface area contributed by atoms with E-state index in [1.807, 2.05) is 7.05 Å². The molecule has 0 aliphatic carbocycles. The van der Waals surface area contributed by atoms with Crippen LogP contribution in [-0.2, 0) is 6.18 Å². The zero-order valence-electron chi connectivity index (χ0n) is 20.4. The first-order valence-corrected chi connectivity index (χ1v) is 11.9. The topological polar surface area (TPSA) is 123 Å². The Balaban J connectivity index is 1.26. The minimum Gasteiger partial charge on any atom is -0.490 e. The summed E-state index contributed by atoms with van der Waals surface area (Å²) in [5, 5.41) is 5.07. The standard InChI is InChI=1S/C25H25F3N8O2/c1-35-10-8-18(9-11-35)38-20-7-4-16(12-19(20)25(26,27)28)34-24(37)33-15-2-5-17(6-3-15)36-14-32-21-22(29)30-13-31-23(21)36/h2-7,12-14,18H,8-11H2,1H3,(H2,29,30,31)(H2,33,34,37). The van der Waals surface area contributed by atoms with E-state index in [0.717, 1.165) is 19.2 Å². The number of piperidine rings is 1. The number of nitrogens with one attached hydrogen (secondary N) is 2. The molecular formula is C25H25F3N8O2. The number of rotatable bonds is 5. The Morgan fingerprint density at radius 2 is 1.71 bits per heavy atom. The Morgan fingerprint density at radius 3 is 2.42 bits per heavy atom. The van der Waals surface area contributed by atoms with Gasteiger partial charge in [0.15, 0.2) is 17.0 Å². The molecule has 38 heavy (non-hydrogen) atoms. The monoisotopic (exact) mass is 526 g/mol. The fraction of sp³-hybridized carbons (Fsp3) is 0.280. The van der Waals surface area contributed by atoms with E-state index in [-0.39, 0.29) is 23.4 Å². The van der Waals surface area contributed by atoms with Crippen molar-refractivity contribution in [1.29, 1.82) is 0 Å². The summed E-state index contributed by atoms with van der Waals surface area (Å²) in [6.07, 6.45) is -0.737. The van der Waals surface area contributed by atoms with Gasteiger partial charge in [0.25, 0.3) is 0 Å². The largest absolute Gasteiger partial charge is 0.490 e. The molecular weight excluding hydrogens is 501 g/mol. The number of carbonyl (C=O) groups is 1. The number of likely N-dealkylation sites (tertiary alicyclic amines) is 1. The molecule has 3 heterocycles. The average Bonchev–Trinajstić information content (AvgIpc) is 3.32. The molecule has 0 spiro atoms. The summed E-state index contributed by atoms with van der Waals surface area (Å²) in [5.41, 5.74) is 7.02. The fourth-order valence-corrected chi connectivity index (χ4v) is 4.26. The van der Waals surface area contributed by atoms with Gasteiger partial charge in [-0.2, -0.15) is 13.2 Å². The van der Waals surface area contributed by atoms with Gasteiger partial charge in [-0.3, -0.25) is 4.57 Å². The van der Waals surface area contributed by atoms with Crippen molar-refractivity contribution in [2.24, 2.45) is 0 Å². The van der Waals surface area contributed by atoms with E-state index in [2.05, 4.69) is 30.5 Å². The van der Waals surface area contributed by atoms with Crippen molar-refractivity contribution in [3.8, 4) is 11.4 Å². The summed E-state index contributed by atoms with van der Waals surface area (Å²) in [4.78, 5) is 27.0. The summed E-state index contributed by atoms with van der Waals surface area (Å²) < 4.78 is 48.7. The predicted molar refractivity (Wildman–Crippen MR) is 136 cm³/mol. The lowest BCUT2D eigenvalue weighted by atomic mass is 10.1. The summed E-state index contributed by atoms with van der Waals surface area (Å²) >= 11 is 0. The van der Waals surface area contributed by atoms with Crippen molar-refractivity contribution >= 4 is 34.4 Å². The molecule has 13 heteroatoms. The highest BCUT2D eigenvalue weighted by molar-refractivity contribution is 6.00. The minimum absolute atomic E-state index is 0.00988. The lowest BCUT2D eigenvalue weighted by Gasteiger charge is -2.30. The van der Waals surface area contributed by atoms with Gasteiger partial charge in [-0.25, -0.2) is 19.7 Å². The van der Waals surface area contributed by atoms with Crippen LogP contribution >= 0.6 is 0 Å². The van der Waals surface area contributed by atoms with Gasteiger partial charge >= 0.3 is 12.2 Å². The number of amides is 2. The number of aromatic nitrogens is 4. The van der Waals surface area contributed by atoms with Gasteiger partial charge < -0.3 is 26.0 Å². The number of ether oxygens (including phenoxy) is 1. The van der Waals surface area contributed by atoms with Crippen LogP contribution < -0.4 is 21.1 Å². The molecule has 0 unspecified atom stereocenters. The zero-order valence-corrected chi connectivity index (χ0v) is 20.4. The van der Waals surface area contributed by atoms with Crippen LogP contribution in [0.4, 0.5) is 35.2 Å². The molecule has 2 amide bonds. The van der Waals surface area contributed by atoms with Gasteiger partial charge in [0, 0.05) is 30.2 Å². The Bertz CT molecular complexity index is 1450. The number of nitrogen functional groups attached to an aromatic ring is 1. The van der Waals surface area contributed by atoms with Crippen molar-refractivity contribution in [1.82, 2.24) is 24.4 Å². The summed E-state index contributed by atoms with van der Waals surface area (Å²) in [7, 11) is 1.96. The van der Waals surface area contributed by atoms with Crippen LogP contribution in [0.25, 0.3) is 16.9 Å². The smallest absolute Gasteiger partial charge is 0.420 e. The number of fused-ring (bicyclic) bond motifs is 1. The lowest BCUT2D eigenvalue weighted by Crippen LogP contribution is -2.36. The van der Waals surface area contributed by atoms with Crippen LogP contribution in [0.2, 0.25) is 0 Å². The molecule has 1 fully saturated rings. The summed E-state index contributed by atoms with van der Waals surface area (Å²) in [6.45, 7) is 1.52. The highest BCUT2D eigenvalue weighted by atomic mass is 19.4. The van der Waals surface area contributed by atoms with E-state index in [1.165, 1.54) is 18.5 Å². The Kier molecular flexibility index (Phi) is 6.76. The number of hydrogen-bond donors (Lipinski definition) is 3. The second-order valence-electron chi connectivity index (χ2n) is 9.00. The van der Waals surface area contributed by atoms with Gasteiger partial charge in [0.05, 0.1) is 5.56 Å². The first-order chi connectivity index (χ1) is 18.2. The fourth-order valence-electron chi connectivity index (χ4n) is 4.26. The Morgan fingerprint density at radius 1 is 1.03 bits per heavy atom. The lowest BCUT2D eigenvalue weighted by molar-refractivity contribution is -0.139. The van der Waals surface area contributed by atoms with Gasteiger partial charge in [-0.15, -0.1) is 0 Å². The third-order valence-corrected chi connectivity index (χ3v) is 6.27. The van der Waals surface area contributed by atoms with Gasteiger partial charge in [0.2, 0.25) is 0 Å². The SMILES string of the molecule is CN1CCC(Oc2ccc(NC(=O)Nc3ccc(-n4cnc5c(N)ncnc54)cc3)cc2C(F)(F)F)CC1. The molecule has 0 radical (unpaired) electrons. The number of imidazole rings is 1. The minimum atomic E-state index is -4.64. The van der Waals surface area contributed by atoms with Crippen molar-refractivity contribution in [2.45, 2.75) is 25.1 Å². The summed E-state index contributed by atoms with van der Waals surface area (Å²) in [6, 6.07) is 9.57. The second-order valence-corrected chi connectivity index (χ2v) is 9.00. The number of carbonyl (C=O) groups excluding carboxylic acids is 1. The van der Waals surface area contributed by atoms with Crippen molar-refractivity contribution in [3.05, 3.63) is 60.7 Å². The van der Waals surface area contributed by atoms with Gasteiger partial charge in [-0.1, -0.05) is 0 Å². The van der Waals surface area contributed by atoms with E-state index in [4.69, 9.17) is 10.5 Å². The van der Waals surface area contributed by atoms with Gasteiger partial charge in [0.1, 0.15) is 24.5 Å². The first kappa shape index (κ1) is 25.3. The third kappa shape index (κ3) is 5.47. The number of halogens is 3. The maximum atomic E-state index is 13.8. The van der Waals surface area contributed by atoms with Crippen LogP contribution in [0.3, 0.4) is 0 Å². The number of anilines is 3. The van der Waals surface area contributed by atoms with Crippen LogP contribution in [0, 0.1) is 0 Å². The van der Waals surface area contributed by atoms with Crippen molar-refractivity contribution in [3.63, 3.8) is 0 Å². The van der Waals surface area contributed by atoms with Crippen molar-refractivity contribution in [2.75, 3.05) is 36.5 Å². The maximum Gasteiger partial charge on any atom is 0.420 e. The first-order valence-electron chi connectivity index (χ1n) is 11.9. The predicted octanol–water partition coefficient (Wildman–Crippen LogP) is 4.53. The van der Waals surface area contributed by atoms with Crippen LogP contribution in [-0.4, -0.2) is 56.7 Å². The molecule has 1 saturated heterocycles. The molecule has 1 aliphatic heterocycles. The molecule has 198 valence electrons. The number of nitrogens with zero attached hydrogens (tertiary/aromatic N) is 5. The molecule has 2 aromatic carbocycles. The second kappa shape index (κ2) is 10.2. The van der Waals surface area contributed by atoms with E-state index < -0.39 is 17.8 Å². The molecule has 5 rings (SSSR count). The third-order valence-electron chi connectivity index (χ3n) is 6.27. The van der Waals surface area contributed by atoms with Gasteiger partial charge in [-0.05, 0) is 62.4 Å². The Hall–Kier alpha value is -4.39. The quantitative estimate of drug-likeness (QED) is 0.349. The van der Waals surface area contributed by atoms with E-state index >= 15 is 0 Å². The zero-order chi connectivity index (χ0) is 26.9. The molecule has 0 atom stereocenters. The number of benzene rings is 2. The van der Waals surface area contributed by atoms with E-state index in [0.29, 0.717) is 35.4 Å². The average molecular weight is 527 g/mol. The number of nitrogens with two attached hydrogens (primary N) is 1. The molecule has 4 aromatic rings.